The highest BCUT2D eigenvalue weighted by atomic mass is 14.2. The predicted octanol–water partition coefficient (Wildman–Crippen LogP) is 23.9. The predicted molar refractivity (Wildman–Crippen MR) is 365 cm³/mol. The Hall–Kier alpha value is -10.4. The quantitative estimate of drug-likeness (QED) is 0.120. The van der Waals surface area contributed by atoms with Crippen molar-refractivity contribution in [3.05, 3.63) is 314 Å². The Morgan fingerprint density at radius 1 is 0.253 bits per heavy atom. The van der Waals surface area contributed by atoms with Crippen LogP contribution in [0.3, 0.4) is 0 Å². The minimum absolute atomic E-state index is 1.10. The van der Waals surface area contributed by atoms with Crippen molar-refractivity contribution in [1.82, 2.24) is 0 Å². The van der Waals surface area contributed by atoms with Gasteiger partial charge in [-0.3, -0.25) is 0 Å². The van der Waals surface area contributed by atoms with Crippen molar-refractivity contribution in [3.8, 4) is 66.8 Å². The Morgan fingerprint density at radius 2 is 0.578 bits per heavy atom. The largest absolute Gasteiger partial charge is 0.0984 e. The van der Waals surface area contributed by atoms with Gasteiger partial charge in [0, 0.05) is 0 Å². The second-order valence-corrected chi connectivity index (χ2v) is 21.8. The molecule has 0 saturated carbocycles. The molecule has 14 rings (SSSR count). The van der Waals surface area contributed by atoms with Gasteiger partial charge in [-0.25, -0.2) is 0 Å². The molecule has 0 amide bonds. The van der Waals surface area contributed by atoms with Crippen molar-refractivity contribution < 1.29 is 0 Å². The summed E-state index contributed by atoms with van der Waals surface area (Å²) in [7, 11) is 0. The first kappa shape index (κ1) is 52.0. The minimum Gasteiger partial charge on any atom is -0.0984 e. The highest BCUT2D eigenvalue weighted by Gasteiger charge is 2.20. The van der Waals surface area contributed by atoms with Crippen molar-refractivity contribution in [2.45, 2.75) is 20.8 Å². The van der Waals surface area contributed by atoms with Gasteiger partial charge in [0.25, 0.3) is 0 Å². The maximum atomic E-state index is 4.27. The molecule has 0 aliphatic carbocycles. The Morgan fingerprint density at radius 3 is 1.07 bits per heavy atom. The van der Waals surface area contributed by atoms with Crippen LogP contribution in [0.1, 0.15) is 40.3 Å². The molecule has 0 fully saturated rings. The SMILES string of the molecule is C=Cc1ccc(-c2ccc(-c3c(C=C)c(C=C)c(-c4ccc5cc(C)ccc5c4)c4ccccc34)cc2)cc1/C=C\C.Cc1ccc2cc(-c3ccc(-c4c5ccccc5c(-c5ccc6ccccc6c5)c5ccccc45)cc3)ccc2c1. The van der Waals surface area contributed by atoms with E-state index in [0.717, 1.165) is 22.3 Å². The van der Waals surface area contributed by atoms with Crippen molar-refractivity contribution in [2.75, 3.05) is 0 Å². The van der Waals surface area contributed by atoms with E-state index in [1.807, 2.05) is 25.2 Å². The molecule has 0 aromatic heterocycles. The highest BCUT2D eigenvalue weighted by molar-refractivity contribution is 6.22. The standard InChI is InChI=1S/C42H34.C41H28/c1-6-12-32-26-34(22-17-29(32)7-2)30-18-20-31(21-19-30)41-37(8-3)38(9-4)42(40-14-11-10-13-39(40)41)36-24-23-33-25-28(5)15-16-35(33)27-36;1-27-14-15-34-25-33(22-21-32(34)24-27)29-16-19-30(20-17-29)40-36-10-4-6-12-38(36)41(39-13-7-5-11-37(39)40)35-23-18-28-8-2-3-9-31(28)26-35/h6-27H,2-4H2,1,5H3;2-26H,1H3/b12-6-;. The number of fused-ring (bicyclic) bond motifs is 6. The van der Waals surface area contributed by atoms with Crippen molar-refractivity contribution in [3.63, 3.8) is 0 Å². The summed E-state index contributed by atoms with van der Waals surface area (Å²) in [6, 6.07) is 93.3. The third-order valence-electron chi connectivity index (χ3n) is 16.6. The average molecular weight is 1060 g/mol. The summed E-state index contributed by atoms with van der Waals surface area (Å²) in [6.45, 7) is 18.8. The smallest absolute Gasteiger partial charge is 0.00262 e. The molecule has 0 atom stereocenters. The van der Waals surface area contributed by atoms with E-state index in [1.54, 1.807) is 0 Å². The number of rotatable bonds is 10. The zero-order chi connectivity index (χ0) is 56.6. The fourth-order valence-electron chi connectivity index (χ4n) is 12.6. The van der Waals surface area contributed by atoms with Gasteiger partial charge >= 0.3 is 0 Å². The summed E-state index contributed by atoms with van der Waals surface area (Å²) < 4.78 is 0. The summed E-state index contributed by atoms with van der Waals surface area (Å²) >= 11 is 0. The summed E-state index contributed by atoms with van der Waals surface area (Å²) in [6.07, 6.45) is 10.1. The fraction of sp³-hybridized carbons (Fsp3) is 0.0361. The molecule has 14 aromatic carbocycles. The van der Waals surface area contributed by atoms with Gasteiger partial charge < -0.3 is 0 Å². The molecular formula is C83H62. The van der Waals surface area contributed by atoms with E-state index in [0.29, 0.717) is 0 Å². The first-order chi connectivity index (χ1) is 40.8. The van der Waals surface area contributed by atoms with Crippen molar-refractivity contribution in [1.29, 1.82) is 0 Å². The van der Waals surface area contributed by atoms with Crippen LogP contribution in [0.2, 0.25) is 0 Å². The van der Waals surface area contributed by atoms with Gasteiger partial charge in [0.15, 0.2) is 0 Å². The van der Waals surface area contributed by atoms with E-state index in [1.165, 1.54) is 143 Å². The Balaban J connectivity index is 0.000000155. The first-order valence-corrected chi connectivity index (χ1v) is 28.7. The summed E-state index contributed by atoms with van der Waals surface area (Å²) in [5, 5.41) is 15.1. The van der Waals surface area contributed by atoms with Gasteiger partial charge in [-0.05, 0) is 199 Å². The molecule has 0 bridgehead atoms. The molecule has 0 heteroatoms. The second-order valence-electron chi connectivity index (χ2n) is 21.8. The monoisotopic (exact) mass is 1060 g/mol. The topological polar surface area (TPSA) is 0 Å². The molecular weight excluding hydrogens is 997 g/mol. The fourth-order valence-corrected chi connectivity index (χ4v) is 12.6. The zero-order valence-corrected chi connectivity index (χ0v) is 47.3. The third kappa shape index (κ3) is 9.75. The molecule has 0 aliphatic heterocycles. The van der Waals surface area contributed by atoms with Crippen LogP contribution in [-0.4, -0.2) is 0 Å². The zero-order valence-electron chi connectivity index (χ0n) is 47.3. The molecule has 0 heterocycles. The number of allylic oxidation sites excluding steroid dienone is 1. The molecule has 0 saturated heterocycles. The highest BCUT2D eigenvalue weighted by Crippen LogP contribution is 2.46. The lowest BCUT2D eigenvalue weighted by molar-refractivity contribution is 1.50. The minimum atomic E-state index is 1.10. The maximum absolute atomic E-state index is 4.27. The normalized spacial score (nSPS) is 11.4. The third-order valence-corrected chi connectivity index (χ3v) is 16.6. The molecule has 0 radical (unpaired) electrons. The van der Waals surface area contributed by atoms with E-state index in [-0.39, 0.29) is 0 Å². The van der Waals surface area contributed by atoms with Crippen LogP contribution in [0.5, 0.6) is 0 Å². The first-order valence-electron chi connectivity index (χ1n) is 28.7. The lowest BCUT2D eigenvalue weighted by atomic mass is 9.83. The van der Waals surface area contributed by atoms with Gasteiger partial charge in [0.1, 0.15) is 0 Å². The molecule has 0 nitrogen and oxygen atoms in total. The molecule has 394 valence electrons. The number of hydrogen-bond donors (Lipinski definition) is 0. The van der Waals surface area contributed by atoms with E-state index in [2.05, 4.69) is 301 Å². The van der Waals surface area contributed by atoms with Gasteiger partial charge in [-0.15, -0.1) is 0 Å². The van der Waals surface area contributed by atoms with Crippen molar-refractivity contribution in [2.24, 2.45) is 0 Å². The molecule has 83 heavy (non-hydrogen) atoms. The van der Waals surface area contributed by atoms with E-state index < -0.39 is 0 Å². The Kier molecular flexibility index (Phi) is 14.0. The molecule has 14 aromatic rings. The molecule has 0 aliphatic rings. The van der Waals surface area contributed by atoms with Gasteiger partial charge in [-0.1, -0.05) is 292 Å². The van der Waals surface area contributed by atoms with Gasteiger partial charge in [0.05, 0.1) is 0 Å². The van der Waals surface area contributed by atoms with Crippen LogP contribution < -0.4 is 0 Å². The molecule has 0 spiro atoms. The summed E-state index contributed by atoms with van der Waals surface area (Å²) in [5.41, 5.74) is 21.7. The van der Waals surface area contributed by atoms with E-state index >= 15 is 0 Å². The Bertz CT molecular complexity index is 4850. The summed E-state index contributed by atoms with van der Waals surface area (Å²) in [4.78, 5) is 0. The Labute approximate surface area is 487 Å². The second kappa shape index (κ2) is 22.3. The van der Waals surface area contributed by atoms with Crippen LogP contribution in [0.4, 0.5) is 0 Å². The maximum Gasteiger partial charge on any atom is -0.00262 e. The lowest BCUT2D eigenvalue weighted by Crippen LogP contribution is -1.96. The van der Waals surface area contributed by atoms with Gasteiger partial charge in [-0.2, -0.15) is 0 Å². The van der Waals surface area contributed by atoms with Crippen LogP contribution >= 0.6 is 0 Å². The average Bonchev–Trinajstić information content (AvgIpc) is 3.20. The van der Waals surface area contributed by atoms with Gasteiger partial charge in [0.2, 0.25) is 0 Å². The number of hydrogen-bond acceptors (Lipinski definition) is 0. The number of aryl methyl sites for hydroxylation is 2. The van der Waals surface area contributed by atoms with E-state index in [4.69, 9.17) is 0 Å². The summed E-state index contributed by atoms with van der Waals surface area (Å²) in [5.74, 6) is 0. The molecule has 0 unspecified atom stereocenters. The van der Waals surface area contributed by atoms with Crippen LogP contribution in [0.15, 0.2) is 281 Å². The van der Waals surface area contributed by atoms with Crippen molar-refractivity contribution >= 4 is 88.9 Å². The number of benzene rings is 14. The van der Waals surface area contributed by atoms with E-state index in [9.17, 15) is 0 Å². The van der Waals surface area contributed by atoms with Crippen LogP contribution in [0, 0.1) is 13.8 Å². The van der Waals surface area contributed by atoms with Crippen LogP contribution in [0.25, 0.3) is 156 Å². The lowest BCUT2D eigenvalue weighted by Gasteiger charge is -2.20. The molecule has 0 N–H and O–H groups in total. The van der Waals surface area contributed by atoms with Crippen LogP contribution in [-0.2, 0) is 0 Å².